The van der Waals surface area contributed by atoms with Gasteiger partial charge in [-0.05, 0) is 41.8 Å². The maximum absolute atomic E-state index is 13.7. The van der Waals surface area contributed by atoms with Crippen molar-refractivity contribution < 1.29 is 27.5 Å². The number of rotatable bonds is 7. The summed E-state index contributed by atoms with van der Waals surface area (Å²) in [4.78, 5) is 24.2. The molecule has 1 unspecified atom stereocenters. The van der Waals surface area contributed by atoms with E-state index in [0.29, 0.717) is 5.56 Å². The molecule has 2 aromatic rings. The quantitative estimate of drug-likeness (QED) is 0.776. The van der Waals surface area contributed by atoms with Crippen LogP contribution < -0.4 is 15.4 Å². The molecule has 0 aliphatic rings. The van der Waals surface area contributed by atoms with Gasteiger partial charge in [0.05, 0.1) is 7.11 Å². The lowest BCUT2D eigenvalue weighted by Gasteiger charge is -2.18. The van der Waals surface area contributed by atoms with Crippen LogP contribution in [0, 0.1) is 17.5 Å². The van der Waals surface area contributed by atoms with E-state index in [4.69, 9.17) is 4.74 Å². The van der Waals surface area contributed by atoms with Gasteiger partial charge in [0.1, 0.15) is 6.04 Å². The molecule has 0 spiro atoms. The molecule has 2 rings (SSSR count). The van der Waals surface area contributed by atoms with E-state index in [9.17, 15) is 22.8 Å². The van der Waals surface area contributed by atoms with Crippen LogP contribution in [0.15, 0.2) is 36.4 Å². The van der Waals surface area contributed by atoms with Gasteiger partial charge < -0.3 is 15.4 Å². The summed E-state index contributed by atoms with van der Waals surface area (Å²) < 4.78 is 45.1. The Morgan fingerprint density at radius 3 is 2.37 bits per heavy atom. The Hall–Kier alpha value is -3.03. The van der Waals surface area contributed by atoms with E-state index in [1.165, 1.54) is 32.4 Å². The number of hydrogen-bond donors (Lipinski definition) is 2. The fraction of sp³-hybridized carbons (Fsp3) is 0.263. The van der Waals surface area contributed by atoms with E-state index < -0.39 is 35.3 Å². The molecule has 0 aliphatic heterocycles. The first-order valence-corrected chi connectivity index (χ1v) is 8.14. The van der Waals surface area contributed by atoms with Crippen molar-refractivity contribution in [1.29, 1.82) is 0 Å². The van der Waals surface area contributed by atoms with E-state index in [2.05, 4.69) is 10.6 Å². The minimum Gasteiger partial charge on any atom is -0.494 e. The molecule has 0 heterocycles. The monoisotopic (exact) mass is 380 g/mol. The van der Waals surface area contributed by atoms with Crippen LogP contribution in [-0.4, -0.2) is 26.0 Å². The maximum atomic E-state index is 13.7. The van der Waals surface area contributed by atoms with Crippen molar-refractivity contribution in [3.63, 3.8) is 0 Å². The molecule has 1 atom stereocenters. The number of carbonyl (C=O) groups is 2. The molecular formula is C19H19F3N2O3. The normalized spacial score (nSPS) is 11.6. The first-order chi connectivity index (χ1) is 12.8. The Morgan fingerprint density at radius 1 is 1.04 bits per heavy atom. The van der Waals surface area contributed by atoms with Crippen molar-refractivity contribution in [1.82, 2.24) is 10.6 Å². The minimum absolute atomic E-state index is 0.0249. The predicted molar refractivity (Wildman–Crippen MR) is 92.6 cm³/mol. The van der Waals surface area contributed by atoms with Crippen molar-refractivity contribution in [3.8, 4) is 5.75 Å². The van der Waals surface area contributed by atoms with Gasteiger partial charge in [-0.15, -0.1) is 0 Å². The van der Waals surface area contributed by atoms with Gasteiger partial charge in [-0.2, -0.15) is 0 Å². The standard InChI is InChI=1S/C19H19F3N2O3/c1-23-19(26)18(12-5-6-13(20)14(21)10-12)24-17(25)8-4-11-3-7-16(27-2)15(22)9-11/h3,5-7,9-10,18H,4,8H2,1-2H3,(H,23,26)(H,24,25). The second-order valence-corrected chi connectivity index (χ2v) is 5.76. The third-order valence-electron chi connectivity index (χ3n) is 3.95. The summed E-state index contributed by atoms with van der Waals surface area (Å²) >= 11 is 0. The van der Waals surface area contributed by atoms with Crippen molar-refractivity contribution in [2.24, 2.45) is 0 Å². The highest BCUT2D eigenvalue weighted by molar-refractivity contribution is 5.88. The number of carbonyl (C=O) groups excluding carboxylic acids is 2. The van der Waals surface area contributed by atoms with Gasteiger partial charge in [-0.3, -0.25) is 9.59 Å². The highest BCUT2D eigenvalue weighted by atomic mass is 19.2. The Balaban J connectivity index is 2.06. The SMILES string of the molecule is CNC(=O)C(NC(=O)CCc1ccc(OC)c(F)c1)c1ccc(F)c(F)c1. The molecule has 2 aromatic carbocycles. The van der Waals surface area contributed by atoms with Crippen LogP contribution in [0.2, 0.25) is 0 Å². The van der Waals surface area contributed by atoms with Gasteiger partial charge in [0, 0.05) is 13.5 Å². The molecule has 144 valence electrons. The number of aryl methyl sites for hydroxylation is 1. The average Bonchev–Trinajstić information content (AvgIpc) is 2.66. The largest absolute Gasteiger partial charge is 0.494 e. The molecule has 2 amide bonds. The minimum atomic E-state index is -1.18. The number of nitrogens with one attached hydrogen (secondary N) is 2. The number of likely N-dealkylation sites (N-methyl/N-ethyl adjacent to an activating group) is 1. The summed E-state index contributed by atoms with van der Waals surface area (Å²) in [6, 6.07) is 6.12. The van der Waals surface area contributed by atoms with Crippen LogP contribution >= 0.6 is 0 Å². The summed E-state index contributed by atoms with van der Waals surface area (Å²) in [5.41, 5.74) is 0.685. The van der Waals surface area contributed by atoms with Crippen molar-refractivity contribution >= 4 is 11.8 Å². The van der Waals surface area contributed by atoms with Crippen molar-refractivity contribution in [3.05, 3.63) is 65.0 Å². The molecule has 0 saturated heterocycles. The second-order valence-electron chi connectivity index (χ2n) is 5.76. The fourth-order valence-corrected chi connectivity index (χ4v) is 2.49. The molecule has 0 aliphatic carbocycles. The van der Waals surface area contributed by atoms with Crippen LogP contribution in [0.5, 0.6) is 5.75 Å². The third kappa shape index (κ3) is 5.22. The van der Waals surface area contributed by atoms with E-state index in [-0.39, 0.29) is 24.2 Å². The second kappa shape index (κ2) is 9.07. The molecule has 27 heavy (non-hydrogen) atoms. The maximum Gasteiger partial charge on any atom is 0.246 e. The lowest BCUT2D eigenvalue weighted by atomic mass is 10.0. The first-order valence-electron chi connectivity index (χ1n) is 8.14. The zero-order valence-electron chi connectivity index (χ0n) is 14.8. The van der Waals surface area contributed by atoms with E-state index >= 15 is 0 Å². The molecule has 0 bridgehead atoms. The summed E-state index contributed by atoms with van der Waals surface area (Å²) in [7, 11) is 2.71. The number of hydrogen-bond acceptors (Lipinski definition) is 3. The van der Waals surface area contributed by atoms with E-state index in [1.807, 2.05) is 0 Å². The van der Waals surface area contributed by atoms with Gasteiger partial charge in [0.2, 0.25) is 11.8 Å². The zero-order valence-corrected chi connectivity index (χ0v) is 14.8. The Morgan fingerprint density at radius 2 is 1.78 bits per heavy atom. The van der Waals surface area contributed by atoms with Crippen LogP contribution in [0.1, 0.15) is 23.6 Å². The van der Waals surface area contributed by atoms with Crippen LogP contribution in [0.25, 0.3) is 0 Å². The highest BCUT2D eigenvalue weighted by Gasteiger charge is 2.23. The van der Waals surface area contributed by atoms with Gasteiger partial charge in [0.25, 0.3) is 0 Å². The molecular weight excluding hydrogens is 361 g/mol. The molecule has 0 aromatic heterocycles. The number of ether oxygens (including phenoxy) is 1. The van der Waals surface area contributed by atoms with Crippen molar-refractivity contribution in [2.45, 2.75) is 18.9 Å². The lowest BCUT2D eigenvalue weighted by molar-refractivity contribution is -0.128. The van der Waals surface area contributed by atoms with E-state index in [1.54, 1.807) is 6.07 Å². The fourth-order valence-electron chi connectivity index (χ4n) is 2.49. The smallest absolute Gasteiger partial charge is 0.246 e. The van der Waals surface area contributed by atoms with Gasteiger partial charge in [-0.25, -0.2) is 13.2 Å². The average molecular weight is 380 g/mol. The molecule has 0 fully saturated rings. The molecule has 5 nitrogen and oxygen atoms in total. The zero-order chi connectivity index (χ0) is 20.0. The van der Waals surface area contributed by atoms with E-state index in [0.717, 1.165) is 12.1 Å². The van der Waals surface area contributed by atoms with Crippen molar-refractivity contribution in [2.75, 3.05) is 14.2 Å². The Kier molecular flexibility index (Phi) is 6.81. The predicted octanol–water partition coefficient (Wildman–Crippen LogP) is 2.65. The first kappa shape index (κ1) is 20.3. The number of halogens is 3. The summed E-state index contributed by atoms with van der Waals surface area (Å²) in [6.07, 6.45) is 0.202. The van der Waals surface area contributed by atoms with Crippen LogP contribution in [0.3, 0.4) is 0 Å². The topological polar surface area (TPSA) is 67.4 Å². The number of methoxy groups -OCH3 is 1. The van der Waals surface area contributed by atoms with Gasteiger partial charge >= 0.3 is 0 Å². The lowest BCUT2D eigenvalue weighted by Crippen LogP contribution is -2.39. The molecule has 8 heteroatoms. The summed E-state index contributed by atoms with van der Waals surface area (Å²) in [5.74, 6) is -3.69. The van der Waals surface area contributed by atoms with Crippen LogP contribution in [0.4, 0.5) is 13.2 Å². The molecule has 0 radical (unpaired) electrons. The number of benzene rings is 2. The summed E-state index contributed by atoms with van der Waals surface area (Å²) in [5, 5.41) is 4.84. The summed E-state index contributed by atoms with van der Waals surface area (Å²) in [6.45, 7) is 0. The number of amides is 2. The third-order valence-corrected chi connectivity index (χ3v) is 3.95. The Labute approximate surface area is 154 Å². The molecule has 0 saturated carbocycles. The van der Waals surface area contributed by atoms with Gasteiger partial charge in [-0.1, -0.05) is 12.1 Å². The van der Waals surface area contributed by atoms with Gasteiger partial charge in [0.15, 0.2) is 23.2 Å². The Bertz CT molecular complexity index is 843. The van der Waals surface area contributed by atoms with Crippen LogP contribution in [-0.2, 0) is 16.0 Å². The highest BCUT2D eigenvalue weighted by Crippen LogP contribution is 2.19. The molecule has 2 N–H and O–H groups in total.